The molecule has 128 valence electrons. The minimum Gasteiger partial charge on any atom is -0.345 e. The normalized spacial score (nSPS) is 12.0. The van der Waals surface area contributed by atoms with Crippen molar-refractivity contribution in [1.82, 2.24) is 9.88 Å². The zero-order chi connectivity index (χ0) is 17.4. The van der Waals surface area contributed by atoms with E-state index in [1.807, 2.05) is 19.2 Å². The predicted molar refractivity (Wildman–Crippen MR) is 94.2 cm³/mol. The second-order valence-electron chi connectivity index (χ2n) is 6.16. The fraction of sp³-hybridized carbons (Fsp3) is 0.400. The van der Waals surface area contributed by atoms with E-state index in [0.29, 0.717) is 13.0 Å². The van der Waals surface area contributed by atoms with Crippen LogP contribution < -0.4 is 0 Å². The van der Waals surface area contributed by atoms with Gasteiger partial charge >= 0.3 is 0 Å². The lowest BCUT2D eigenvalue weighted by atomic mass is 9.91. The monoisotopic (exact) mass is 328 g/mol. The molecule has 1 atom stereocenters. The number of halogens is 1. The molecule has 0 radical (unpaired) electrons. The third kappa shape index (κ3) is 5.44. The van der Waals surface area contributed by atoms with Gasteiger partial charge in [-0.15, -0.1) is 0 Å². The van der Waals surface area contributed by atoms with Crippen molar-refractivity contribution in [2.24, 2.45) is 0 Å². The van der Waals surface area contributed by atoms with Gasteiger partial charge in [0, 0.05) is 32.4 Å². The van der Waals surface area contributed by atoms with Gasteiger partial charge in [0.1, 0.15) is 5.82 Å². The van der Waals surface area contributed by atoms with Crippen molar-refractivity contribution >= 4 is 5.91 Å². The van der Waals surface area contributed by atoms with Crippen molar-refractivity contribution < 1.29 is 9.18 Å². The summed E-state index contributed by atoms with van der Waals surface area (Å²) in [7, 11) is 1.84. The molecule has 0 aliphatic rings. The summed E-state index contributed by atoms with van der Waals surface area (Å²) in [5, 5.41) is 0. The lowest BCUT2D eigenvalue weighted by molar-refractivity contribution is -0.130. The molecule has 0 saturated heterocycles. The van der Waals surface area contributed by atoms with Gasteiger partial charge in [0.05, 0.1) is 0 Å². The van der Waals surface area contributed by atoms with E-state index in [4.69, 9.17) is 0 Å². The molecule has 2 rings (SSSR count). The largest absolute Gasteiger partial charge is 0.345 e. The first-order valence-electron chi connectivity index (χ1n) is 8.48. The second-order valence-corrected chi connectivity index (χ2v) is 6.16. The zero-order valence-corrected chi connectivity index (χ0v) is 14.4. The molecule has 3 nitrogen and oxygen atoms in total. The molecule has 4 heteroatoms. The molecule has 0 aliphatic heterocycles. The van der Waals surface area contributed by atoms with Crippen molar-refractivity contribution in [3.63, 3.8) is 0 Å². The predicted octanol–water partition coefficient (Wildman–Crippen LogP) is 4.20. The van der Waals surface area contributed by atoms with Gasteiger partial charge in [0.25, 0.3) is 0 Å². The molecule has 0 spiro atoms. The van der Waals surface area contributed by atoms with Crippen LogP contribution in [-0.4, -0.2) is 29.4 Å². The molecule has 0 aliphatic carbocycles. The number of hydrogen-bond acceptors (Lipinski definition) is 2. The van der Waals surface area contributed by atoms with Crippen molar-refractivity contribution in [2.75, 3.05) is 13.6 Å². The summed E-state index contributed by atoms with van der Waals surface area (Å²) in [5.41, 5.74) is 2.21. The van der Waals surface area contributed by atoms with E-state index in [1.165, 1.54) is 17.7 Å². The molecule has 0 N–H and O–H groups in total. The molecular weight excluding hydrogens is 303 g/mol. The van der Waals surface area contributed by atoms with Crippen molar-refractivity contribution in [2.45, 2.75) is 38.5 Å². The molecule has 1 aromatic heterocycles. The van der Waals surface area contributed by atoms with Gasteiger partial charge in [-0.1, -0.05) is 25.5 Å². The van der Waals surface area contributed by atoms with Crippen LogP contribution in [0.5, 0.6) is 0 Å². The maximum atomic E-state index is 13.1. The average molecular weight is 328 g/mol. The average Bonchev–Trinajstić information content (AvgIpc) is 2.60. The molecule has 1 unspecified atom stereocenters. The van der Waals surface area contributed by atoms with Gasteiger partial charge in [0.15, 0.2) is 0 Å². The molecule has 1 aromatic carbocycles. The summed E-state index contributed by atoms with van der Waals surface area (Å²) in [6.07, 6.45) is 6.74. The Morgan fingerprint density at radius 3 is 2.46 bits per heavy atom. The van der Waals surface area contributed by atoms with E-state index in [-0.39, 0.29) is 17.6 Å². The van der Waals surface area contributed by atoms with Crippen molar-refractivity contribution in [3.05, 3.63) is 65.7 Å². The highest BCUT2D eigenvalue weighted by atomic mass is 19.1. The number of pyridine rings is 1. The van der Waals surface area contributed by atoms with Gasteiger partial charge in [-0.25, -0.2) is 4.39 Å². The smallest absolute Gasteiger partial charge is 0.222 e. The molecule has 1 amide bonds. The molecule has 24 heavy (non-hydrogen) atoms. The van der Waals surface area contributed by atoms with Crippen molar-refractivity contribution in [1.29, 1.82) is 0 Å². The van der Waals surface area contributed by atoms with Crippen LogP contribution >= 0.6 is 0 Å². The summed E-state index contributed by atoms with van der Waals surface area (Å²) >= 11 is 0. The number of carbonyl (C=O) groups is 1. The Bertz CT molecular complexity index is 628. The number of hydrogen-bond donors (Lipinski definition) is 0. The number of likely N-dealkylation sites (N-methyl/N-ethyl adjacent to an activating group) is 1. The molecule has 0 saturated carbocycles. The first-order valence-corrected chi connectivity index (χ1v) is 8.48. The minimum absolute atomic E-state index is 0.131. The number of rotatable bonds is 8. The van der Waals surface area contributed by atoms with E-state index in [9.17, 15) is 9.18 Å². The first kappa shape index (κ1) is 18.1. The lowest BCUT2D eigenvalue weighted by Gasteiger charge is -2.22. The van der Waals surface area contributed by atoms with Crippen LogP contribution in [0.15, 0.2) is 48.8 Å². The fourth-order valence-electron chi connectivity index (χ4n) is 2.81. The van der Waals surface area contributed by atoms with Gasteiger partial charge in [-0.2, -0.15) is 0 Å². The number of aromatic nitrogens is 1. The van der Waals surface area contributed by atoms with E-state index in [0.717, 1.165) is 24.8 Å². The number of amides is 1. The Morgan fingerprint density at radius 2 is 1.83 bits per heavy atom. The summed E-state index contributed by atoms with van der Waals surface area (Å²) in [5.74, 6) is 0.0353. The minimum atomic E-state index is -0.241. The zero-order valence-electron chi connectivity index (χ0n) is 14.4. The maximum absolute atomic E-state index is 13.1. The number of nitrogens with zero attached hydrogens (tertiary/aromatic N) is 2. The van der Waals surface area contributed by atoms with Crippen LogP contribution in [0.3, 0.4) is 0 Å². The Balaban J connectivity index is 1.92. The third-order valence-electron chi connectivity index (χ3n) is 4.31. The Morgan fingerprint density at radius 1 is 1.17 bits per heavy atom. The number of benzene rings is 1. The van der Waals surface area contributed by atoms with E-state index >= 15 is 0 Å². The van der Waals surface area contributed by atoms with Crippen LogP contribution in [-0.2, 0) is 11.2 Å². The van der Waals surface area contributed by atoms with Gasteiger partial charge in [-0.05, 0) is 54.2 Å². The SMILES string of the molecule is CCCC(CC(=O)N(C)CCc1ccncc1)c1ccc(F)cc1. The lowest BCUT2D eigenvalue weighted by Crippen LogP contribution is -2.30. The van der Waals surface area contributed by atoms with Crippen LogP contribution in [0.25, 0.3) is 0 Å². The van der Waals surface area contributed by atoms with Crippen molar-refractivity contribution in [3.8, 4) is 0 Å². The quantitative estimate of drug-likeness (QED) is 0.728. The van der Waals surface area contributed by atoms with Gasteiger partial charge < -0.3 is 4.90 Å². The molecular formula is C20H25FN2O. The van der Waals surface area contributed by atoms with Crippen LogP contribution in [0, 0.1) is 5.82 Å². The molecule has 1 heterocycles. The standard InChI is InChI=1S/C20H25FN2O/c1-3-4-18(17-5-7-19(21)8-6-17)15-20(24)23(2)14-11-16-9-12-22-13-10-16/h5-10,12-13,18H,3-4,11,14-15H2,1-2H3. The number of carbonyl (C=O) groups excluding carboxylic acids is 1. The Kier molecular flexibility index (Phi) is 6.91. The summed E-state index contributed by atoms with van der Waals surface area (Å²) in [6, 6.07) is 10.5. The van der Waals surface area contributed by atoms with E-state index < -0.39 is 0 Å². The van der Waals surface area contributed by atoms with Gasteiger partial charge in [-0.3, -0.25) is 9.78 Å². The fourth-order valence-corrected chi connectivity index (χ4v) is 2.81. The second kappa shape index (κ2) is 9.16. The van der Waals surface area contributed by atoms with Crippen LogP contribution in [0.1, 0.15) is 43.2 Å². The van der Waals surface area contributed by atoms with Crippen LogP contribution in [0.4, 0.5) is 4.39 Å². The highest BCUT2D eigenvalue weighted by molar-refractivity contribution is 5.76. The summed E-state index contributed by atoms with van der Waals surface area (Å²) in [6.45, 7) is 2.79. The topological polar surface area (TPSA) is 33.2 Å². The first-order chi connectivity index (χ1) is 11.6. The molecule has 2 aromatic rings. The Labute approximate surface area is 143 Å². The van der Waals surface area contributed by atoms with E-state index in [2.05, 4.69) is 11.9 Å². The molecule has 0 bridgehead atoms. The van der Waals surface area contributed by atoms with Crippen LogP contribution in [0.2, 0.25) is 0 Å². The molecule has 0 fully saturated rings. The highest BCUT2D eigenvalue weighted by Crippen LogP contribution is 2.26. The Hall–Kier alpha value is -2.23. The maximum Gasteiger partial charge on any atom is 0.222 e. The highest BCUT2D eigenvalue weighted by Gasteiger charge is 2.18. The summed E-state index contributed by atoms with van der Waals surface area (Å²) < 4.78 is 13.1. The summed E-state index contributed by atoms with van der Waals surface area (Å²) in [4.78, 5) is 18.3. The van der Waals surface area contributed by atoms with E-state index in [1.54, 1.807) is 29.4 Å². The third-order valence-corrected chi connectivity index (χ3v) is 4.31. The van der Waals surface area contributed by atoms with Gasteiger partial charge in [0.2, 0.25) is 5.91 Å².